The number of carbonyl (C=O) groups is 10. The van der Waals surface area contributed by atoms with Crippen LogP contribution in [0, 0.1) is 0 Å². The van der Waals surface area contributed by atoms with Crippen LogP contribution in [0.5, 0.6) is 0 Å². The number of nitrogens with two attached hydrogens (primary N) is 5. The van der Waals surface area contributed by atoms with Crippen LogP contribution in [0.4, 0.5) is 5.82 Å². The topological polar surface area (TPSA) is 579 Å². The average Bonchev–Trinajstić information content (AvgIpc) is 3.94. The van der Waals surface area contributed by atoms with Crippen LogP contribution in [0.3, 0.4) is 0 Å². The van der Waals surface area contributed by atoms with Gasteiger partial charge in [0.1, 0.15) is 66.4 Å². The Balaban J connectivity index is 1.68. The number of carboxylic acid groups (broad SMARTS) is 1. The number of amides is 9. The van der Waals surface area contributed by atoms with Gasteiger partial charge in [0.25, 0.3) is 5.91 Å². The Bertz CT molecular complexity index is 2580. The first-order valence-electron chi connectivity index (χ1n) is 24.3. The Morgan fingerprint density at radius 2 is 1.51 bits per heavy atom. The zero-order valence-electron chi connectivity index (χ0n) is 43.6. The molecule has 2 aromatic rings. The molecule has 1 saturated heterocycles. The number of aliphatic imine (C=N–C) groups is 1. The SMILES string of the molecule is CSCC[C@H](NC=O)C(=O)N[C@@H](CCCN=C(N)N)C(=O)N[C@H](C(=O)NCC(=O)N[C@@H](CC(N)=O)C(=O)N[C@@H](C)C(=O)N[C@H](CC(=O)O)C(=O)NP(=O)(OCCCN)OC[C@H]1O[C@@H](n2cnc3c(N)ncnc32)[C@H](O)[C@@H]1O)[C@@H](C)O. The molecule has 0 saturated carbocycles. The molecule has 1 unspecified atom stereocenters. The summed E-state index contributed by atoms with van der Waals surface area (Å²) < 4.78 is 31.8. The molecule has 36 nitrogen and oxygen atoms in total. The lowest BCUT2D eigenvalue weighted by Crippen LogP contribution is -2.59. The first-order chi connectivity index (χ1) is 37.7. The van der Waals surface area contributed by atoms with E-state index in [-0.39, 0.29) is 61.7 Å². The normalized spacial score (nSPS) is 19.2. The van der Waals surface area contributed by atoms with Gasteiger partial charge in [0.15, 0.2) is 23.7 Å². The van der Waals surface area contributed by atoms with Crippen LogP contribution in [0.15, 0.2) is 17.6 Å². The van der Waals surface area contributed by atoms with E-state index in [4.69, 9.17) is 42.5 Å². The maximum Gasteiger partial charge on any atom is 0.435 e. The van der Waals surface area contributed by atoms with E-state index in [1.165, 1.54) is 22.7 Å². The molecule has 2 aromatic heterocycles. The summed E-state index contributed by atoms with van der Waals surface area (Å²) in [4.78, 5) is 144. The monoisotopic (exact) mass is 1180 g/mol. The van der Waals surface area contributed by atoms with Gasteiger partial charge in [-0.2, -0.15) is 11.8 Å². The van der Waals surface area contributed by atoms with E-state index in [9.17, 15) is 72.9 Å². The number of thioether (sulfide) groups is 1. The molecule has 0 aliphatic carbocycles. The Labute approximate surface area is 459 Å². The third-order valence-electron chi connectivity index (χ3n) is 11.3. The van der Waals surface area contributed by atoms with Crippen LogP contribution in [0.25, 0.3) is 11.2 Å². The fourth-order valence-electron chi connectivity index (χ4n) is 7.21. The van der Waals surface area contributed by atoms with Crippen LogP contribution in [0.2, 0.25) is 0 Å². The number of nitrogens with zero attached hydrogens (tertiary/aromatic N) is 5. The predicted molar refractivity (Wildman–Crippen MR) is 279 cm³/mol. The summed E-state index contributed by atoms with van der Waals surface area (Å²) in [7, 11) is -4.89. The van der Waals surface area contributed by atoms with E-state index in [2.05, 4.69) is 57.2 Å². The molecule has 446 valence electrons. The molecule has 1 aliphatic heterocycles. The first kappa shape index (κ1) is 66.9. The van der Waals surface area contributed by atoms with Crippen LogP contribution in [-0.2, 0) is 66.3 Å². The summed E-state index contributed by atoms with van der Waals surface area (Å²) in [5.41, 5.74) is 27.7. The van der Waals surface area contributed by atoms with E-state index in [0.717, 1.165) is 20.2 Å². The standard InChI is InChI=1S/C42H69N18O18PS/c1-19(35(69)57-24(13-28(65)66)39(73)59-79(75,76-10-5-8-43)77-15-25-31(67)32(68)41(78-25)60-17-52-30-33(45)50-16-51-34(30)60)54-38(72)23(12-26(44)63)55-27(64)14-49-40(74)29(20(2)62)58-37(71)22(6-4-9-48-42(46)47)56-36(70)21(53-18-61)7-11-80-3/h16-25,29,31-32,41,62,67-68H,4-15,43H2,1-3H3,(H2,44,63)(H,49,74)(H,53,61)(H,54,72)(H,55,64)(H,56,70)(H,57,69)(H,58,71)(H,65,66)(H2,45,50,51)(H4,46,47,48)(H,59,73,75)/t19-,20+,21-,22-,23-,24+,25+,29-,31+,32+,41+,79?/m0/s1. The third kappa shape index (κ3) is 21.0. The zero-order valence-corrected chi connectivity index (χ0v) is 45.3. The number of aliphatic carboxylic acids is 1. The number of rotatable bonds is 36. The Morgan fingerprint density at radius 1 is 0.850 bits per heavy atom. The molecule has 38 heteroatoms. The summed E-state index contributed by atoms with van der Waals surface area (Å²) in [6, 6.07) is -9.74. The number of carbonyl (C=O) groups excluding carboxylic acids is 9. The van der Waals surface area contributed by atoms with E-state index in [0.29, 0.717) is 12.2 Å². The molecule has 22 N–H and O–H groups in total. The van der Waals surface area contributed by atoms with Gasteiger partial charge in [0.05, 0.1) is 45.0 Å². The van der Waals surface area contributed by atoms with Gasteiger partial charge in [-0.25, -0.2) is 19.5 Å². The molecule has 3 heterocycles. The van der Waals surface area contributed by atoms with Gasteiger partial charge in [-0.15, -0.1) is 0 Å². The molecule has 9 amide bonds. The van der Waals surface area contributed by atoms with Crippen molar-refractivity contribution >= 4 is 102 Å². The van der Waals surface area contributed by atoms with E-state index < -0.39 is 160 Å². The lowest BCUT2D eigenvalue weighted by atomic mass is 10.1. The number of aliphatic hydroxyl groups is 3. The number of hydrogen-bond donors (Lipinski definition) is 17. The highest BCUT2D eigenvalue weighted by atomic mass is 32.2. The first-order valence-corrected chi connectivity index (χ1v) is 27.3. The molecule has 12 atom stereocenters. The van der Waals surface area contributed by atoms with Crippen molar-refractivity contribution in [2.75, 3.05) is 50.6 Å². The van der Waals surface area contributed by atoms with Crippen LogP contribution in [0.1, 0.15) is 58.6 Å². The summed E-state index contributed by atoms with van der Waals surface area (Å²) >= 11 is 1.39. The lowest BCUT2D eigenvalue weighted by Gasteiger charge is -2.26. The van der Waals surface area contributed by atoms with Crippen LogP contribution in [-0.4, -0.2) is 211 Å². The van der Waals surface area contributed by atoms with Crippen molar-refractivity contribution < 1.29 is 86.7 Å². The fourth-order valence-corrected chi connectivity index (χ4v) is 9.03. The quantitative estimate of drug-likeness (QED) is 0.00990. The molecule has 0 aromatic carbocycles. The Hall–Kier alpha value is -7.38. The maximum atomic E-state index is 14.0. The average molecular weight is 1180 g/mol. The largest absolute Gasteiger partial charge is 0.481 e. The van der Waals surface area contributed by atoms with Crippen molar-refractivity contribution in [3.05, 3.63) is 12.7 Å². The van der Waals surface area contributed by atoms with Gasteiger partial charge < -0.3 is 91.0 Å². The molecule has 0 bridgehead atoms. The number of anilines is 1. The van der Waals surface area contributed by atoms with E-state index in [1.54, 1.807) is 6.26 Å². The van der Waals surface area contributed by atoms with Crippen molar-refractivity contribution in [1.29, 1.82) is 0 Å². The molecule has 80 heavy (non-hydrogen) atoms. The van der Waals surface area contributed by atoms with Crippen molar-refractivity contribution in [3.8, 4) is 0 Å². The van der Waals surface area contributed by atoms with Gasteiger partial charge in [0, 0.05) is 6.54 Å². The highest BCUT2D eigenvalue weighted by Crippen LogP contribution is 2.45. The second kappa shape index (κ2) is 32.6. The molecule has 1 fully saturated rings. The minimum absolute atomic E-state index is 0.00676. The van der Waals surface area contributed by atoms with Crippen molar-refractivity contribution in [3.63, 3.8) is 0 Å². The predicted octanol–water partition coefficient (Wildman–Crippen LogP) is -8.15. The lowest BCUT2D eigenvalue weighted by molar-refractivity contribution is -0.141. The molecule has 1 aliphatic rings. The van der Waals surface area contributed by atoms with E-state index >= 15 is 0 Å². The van der Waals surface area contributed by atoms with Crippen LogP contribution >= 0.6 is 19.5 Å². The number of fused-ring (bicyclic) bond motifs is 1. The number of primary amides is 1. The maximum absolute atomic E-state index is 14.0. The number of guanidine groups is 1. The van der Waals surface area contributed by atoms with Gasteiger partial charge in [-0.3, -0.25) is 71.6 Å². The zero-order chi connectivity index (χ0) is 59.9. The number of aliphatic hydroxyl groups excluding tert-OH is 3. The molecular formula is C42H69N18O18PS. The van der Waals surface area contributed by atoms with Crippen LogP contribution < -0.4 is 71.0 Å². The molecule has 0 radical (unpaired) electrons. The number of nitrogens with one attached hydrogen (secondary N) is 8. The van der Waals surface area contributed by atoms with Crippen molar-refractivity contribution in [2.45, 2.75) is 119 Å². The molecule has 0 spiro atoms. The van der Waals surface area contributed by atoms with Crippen molar-refractivity contribution in [2.24, 2.45) is 27.9 Å². The Morgan fingerprint density at radius 3 is 2.14 bits per heavy atom. The van der Waals surface area contributed by atoms with Crippen molar-refractivity contribution in [1.82, 2.24) is 61.8 Å². The number of nitrogen functional groups attached to an aromatic ring is 1. The van der Waals surface area contributed by atoms with Gasteiger partial charge in [-0.05, 0) is 58.1 Å². The number of carboxylic acids is 1. The van der Waals surface area contributed by atoms with Gasteiger partial charge in [0.2, 0.25) is 47.8 Å². The minimum atomic E-state index is -4.89. The summed E-state index contributed by atoms with van der Waals surface area (Å²) in [5.74, 6) is -10.5. The van der Waals surface area contributed by atoms with Gasteiger partial charge in [-0.1, -0.05) is 0 Å². The summed E-state index contributed by atoms with van der Waals surface area (Å²) in [6.45, 7) is 0.0293. The summed E-state index contributed by atoms with van der Waals surface area (Å²) in [6.07, 6.45) is -5.10. The second-order valence-electron chi connectivity index (χ2n) is 17.6. The Kier molecular flexibility index (Phi) is 27.3. The van der Waals surface area contributed by atoms with Gasteiger partial charge >= 0.3 is 13.7 Å². The highest BCUT2D eigenvalue weighted by molar-refractivity contribution is 7.98. The number of imidazole rings is 1. The minimum Gasteiger partial charge on any atom is -0.481 e. The number of ether oxygens (including phenoxy) is 1. The highest BCUT2D eigenvalue weighted by Gasteiger charge is 2.46. The second-order valence-corrected chi connectivity index (χ2v) is 20.3. The fraction of sp³-hybridized carbons (Fsp3) is 0.619. The molecule has 3 rings (SSSR count). The smallest absolute Gasteiger partial charge is 0.435 e. The number of aromatic nitrogens is 4. The number of hydrogen-bond acceptors (Lipinski definition) is 24. The summed E-state index contributed by atoms with van der Waals surface area (Å²) in [5, 5.41) is 59.5. The van der Waals surface area contributed by atoms with E-state index in [1.807, 2.05) is 5.09 Å². The molecular weight excluding hydrogens is 1110 g/mol. The third-order valence-corrected chi connectivity index (χ3v) is 13.5.